The number of ether oxygens (including phenoxy) is 1. The Morgan fingerprint density at radius 2 is 1.59 bits per heavy atom. The zero-order valence-electron chi connectivity index (χ0n) is 16.5. The zero-order valence-corrected chi connectivity index (χ0v) is 16.5. The molecule has 3 rings (SSSR count). The number of carbonyl (C=O) groups is 2. The molecular weight excluding hydrogens is 370 g/mol. The molecule has 2 aromatic rings. The number of aliphatic carboxylic acids is 1. The van der Waals surface area contributed by atoms with Gasteiger partial charge in [-0.15, -0.1) is 0 Å². The highest BCUT2D eigenvalue weighted by atomic mass is 16.5. The highest BCUT2D eigenvalue weighted by molar-refractivity contribution is 5.79. The summed E-state index contributed by atoms with van der Waals surface area (Å²) in [6.45, 7) is 2.11. The first-order valence-corrected chi connectivity index (χ1v) is 9.86. The molecule has 1 aliphatic rings. The average Bonchev–Trinajstić information content (AvgIpc) is 2.99. The number of hydrogen-bond donors (Lipinski definition) is 3. The van der Waals surface area contributed by atoms with Gasteiger partial charge in [-0.05, 0) is 34.6 Å². The molecule has 0 bridgehead atoms. The Hall–Kier alpha value is -2.70. The Bertz CT molecular complexity index is 836. The minimum atomic E-state index is -1.13. The number of rotatable bonds is 9. The van der Waals surface area contributed by atoms with Gasteiger partial charge in [-0.1, -0.05) is 55.5 Å². The molecule has 0 aliphatic heterocycles. The molecule has 0 radical (unpaired) electrons. The number of aliphatic hydroxyl groups is 1. The van der Waals surface area contributed by atoms with Gasteiger partial charge in [-0.25, -0.2) is 0 Å². The Balaban J connectivity index is 1.55. The van der Waals surface area contributed by atoms with Crippen molar-refractivity contribution in [1.82, 2.24) is 0 Å². The molecule has 154 valence electrons. The van der Waals surface area contributed by atoms with Crippen LogP contribution in [0.3, 0.4) is 0 Å². The smallest absolute Gasteiger partial charge is 0.306 e. The number of esters is 1. The first-order chi connectivity index (χ1) is 13.9. The molecule has 29 heavy (non-hydrogen) atoms. The van der Waals surface area contributed by atoms with Crippen LogP contribution in [0.2, 0.25) is 0 Å². The number of carboxylic acids is 1. The molecule has 0 amide bonds. The topological polar surface area (TPSA) is 110 Å². The standard InChI is InChI=1S/C23H27NO5/c1-14(10-20(24)21(25)12-22(26)27)11-23(28)29-13-19-17-8-4-2-6-15(17)16-7-3-5-9-18(16)19/h2-9,14,19-21,25H,10-13,24H2,1H3,(H,26,27)/t14-,20-,21+/m1/s1. The number of carbonyl (C=O) groups excluding carboxylic acids is 1. The van der Waals surface area contributed by atoms with Gasteiger partial charge >= 0.3 is 11.9 Å². The third-order valence-corrected chi connectivity index (χ3v) is 5.44. The van der Waals surface area contributed by atoms with Crippen LogP contribution in [0.5, 0.6) is 0 Å². The van der Waals surface area contributed by atoms with Gasteiger partial charge in [-0.2, -0.15) is 0 Å². The number of aliphatic hydroxyl groups excluding tert-OH is 1. The second-order valence-corrected chi connectivity index (χ2v) is 7.78. The first-order valence-electron chi connectivity index (χ1n) is 9.86. The fourth-order valence-electron chi connectivity index (χ4n) is 3.99. The molecule has 6 nitrogen and oxygen atoms in total. The van der Waals surface area contributed by atoms with Crippen LogP contribution in [0.1, 0.15) is 43.2 Å². The molecule has 0 saturated carbocycles. The van der Waals surface area contributed by atoms with E-state index in [0.717, 1.165) is 11.1 Å². The van der Waals surface area contributed by atoms with Gasteiger partial charge in [0, 0.05) is 18.4 Å². The number of benzene rings is 2. The summed E-state index contributed by atoms with van der Waals surface area (Å²) in [5, 5.41) is 18.5. The summed E-state index contributed by atoms with van der Waals surface area (Å²) in [5.41, 5.74) is 10.5. The van der Waals surface area contributed by atoms with Crippen molar-refractivity contribution in [3.05, 3.63) is 59.7 Å². The van der Waals surface area contributed by atoms with Crippen molar-refractivity contribution >= 4 is 11.9 Å². The maximum atomic E-state index is 12.3. The quantitative estimate of drug-likeness (QED) is 0.561. The van der Waals surface area contributed by atoms with Crippen LogP contribution in [-0.2, 0) is 14.3 Å². The van der Waals surface area contributed by atoms with Crippen molar-refractivity contribution < 1.29 is 24.5 Å². The Morgan fingerprint density at radius 3 is 2.14 bits per heavy atom. The SMILES string of the molecule is C[C@@H](CC(=O)OCC1c2ccccc2-c2ccccc21)C[C@@H](N)[C@@H](O)CC(=O)O. The molecule has 4 N–H and O–H groups in total. The minimum absolute atomic E-state index is 0.0151. The van der Waals surface area contributed by atoms with Crippen molar-refractivity contribution in [3.8, 4) is 11.1 Å². The van der Waals surface area contributed by atoms with Crippen LogP contribution < -0.4 is 5.73 Å². The average molecular weight is 397 g/mol. The van der Waals surface area contributed by atoms with Gasteiger partial charge in [-0.3, -0.25) is 9.59 Å². The lowest BCUT2D eigenvalue weighted by atomic mass is 9.94. The largest absolute Gasteiger partial charge is 0.481 e. The molecule has 1 aliphatic carbocycles. The second kappa shape index (κ2) is 9.20. The molecule has 0 saturated heterocycles. The van der Waals surface area contributed by atoms with Crippen LogP contribution >= 0.6 is 0 Å². The van der Waals surface area contributed by atoms with E-state index in [9.17, 15) is 14.7 Å². The van der Waals surface area contributed by atoms with Gasteiger partial charge in [0.05, 0.1) is 12.5 Å². The highest BCUT2D eigenvalue weighted by Gasteiger charge is 2.29. The van der Waals surface area contributed by atoms with E-state index in [1.54, 1.807) is 0 Å². The van der Waals surface area contributed by atoms with Crippen molar-refractivity contribution in [2.24, 2.45) is 11.7 Å². The Kier molecular flexibility index (Phi) is 6.67. The predicted octanol–water partition coefficient (Wildman–Crippen LogP) is 2.92. The van der Waals surface area contributed by atoms with E-state index >= 15 is 0 Å². The van der Waals surface area contributed by atoms with Crippen molar-refractivity contribution in [1.29, 1.82) is 0 Å². The van der Waals surface area contributed by atoms with E-state index in [1.807, 2.05) is 31.2 Å². The summed E-state index contributed by atoms with van der Waals surface area (Å²) in [6.07, 6.45) is -1.02. The summed E-state index contributed by atoms with van der Waals surface area (Å²) >= 11 is 0. The molecule has 0 unspecified atom stereocenters. The Labute approximate surface area is 170 Å². The lowest BCUT2D eigenvalue weighted by Crippen LogP contribution is -2.37. The lowest BCUT2D eigenvalue weighted by Gasteiger charge is -2.21. The second-order valence-electron chi connectivity index (χ2n) is 7.78. The normalized spacial score (nSPS) is 15.8. The summed E-state index contributed by atoms with van der Waals surface area (Å²) in [5.74, 6) is -1.53. The van der Waals surface area contributed by atoms with E-state index in [1.165, 1.54) is 11.1 Å². The minimum Gasteiger partial charge on any atom is -0.481 e. The summed E-state index contributed by atoms with van der Waals surface area (Å²) in [6, 6.07) is 15.6. The Morgan fingerprint density at radius 1 is 1.03 bits per heavy atom. The maximum absolute atomic E-state index is 12.3. The number of carboxylic acid groups (broad SMARTS) is 1. The fourth-order valence-corrected chi connectivity index (χ4v) is 3.99. The van der Waals surface area contributed by atoms with Gasteiger partial charge < -0.3 is 20.7 Å². The molecule has 0 heterocycles. The van der Waals surface area contributed by atoms with Crippen LogP contribution in [-0.4, -0.2) is 40.9 Å². The van der Waals surface area contributed by atoms with Gasteiger partial charge in [0.25, 0.3) is 0 Å². The monoisotopic (exact) mass is 397 g/mol. The van der Waals surface area contributed by atoms with Crippen LogP contribution in [0.25, 0.3) is 11.1 Å². The third kappa shape index (κ3) is 5.02. The van der Waals surface area contributed by atoms with Crippen molar-refractivity contribution in [2.45, 2.75) is 44.2 Å². The maximum Gasteiger partial charge on any atom is 0.306 e. The van der Waals surface area contributed by atoms with Crippen LogP contribution in [0, 0.1) is 5.92 Å². The molecule has 0 fully saturated rings. The van der Waals surface area contributed by atoms with Crippen molar-refractivity contribution in [3.63, 3.8) is 0 Å². The van der Waals surface area contributed by atoms with E-state index in [4.69, 9.17) is 15.6 Å². The van der Waals surface area contributed by atoms with Gasteiger partial charge in [0.2, 0.25) is 0 Å². The summed E-state index contributed by atoms with van der Waals surface area (Å²) in [4.78, 5) is 23.0. The predicted molar refractivity (Wildman–Crippen MR) is 109 cm³/mol. The third-order valence-electron chi connectivity index (χ3n) is 5.44. The summed E-state index contributed by atoms with van der Waals surface area (Å²) in [7, 11) is 0. The molecular formula is C23H27NO5. The summed E-state index contributed by atoms with van der Waals surface area (Å²) < 4.78 is 5.58. The van der Waals surface area contributed by atoms with E-state index < -0.39 is 24.5 Å². The fraction of sp³-hybridized carbons (Fsp3) is 0.391. The van der Waals surface area contributed by atoms with Crippen molar-refractivity contribution in [2.75, 3.05) is 6.61 Å². The first kappa shape index (κ1) is 21.0. The number of nitrogens with two attached hydrogens (primary N) is 1. The number of hydrogen-bond acceptors (Lipinski definition) is 5. The molecule has 2 aromatic carbocycles. The molecule has 6 heteroatoms. The molecule has 0 spiro atoms. The van der Waals surface area contributed by atoms with Gasteiger partial charge in [0.1, 0.15) is 6.61 Å². The number of fused-ring (bicyclic) bond motifs is 3. The van der Waals surface area contributed by atoms with E-state index in [-0.39, 0.29) is 30.8 Å². The highest BCUT2D eigenvalue weighted by Crippen LogP contribution is 2.44. The van der Waals surface area contributed by atoms with Gasteiger partial charge in [0.15, 0.2) is 0 Å². The van der Waals surface area contributed by atoms with E-state index in [2.05, 4.69) is 24.3 Å². The van der Waals surface area contributed by atoms with Crippen LogP contribution in [0.15, 0.2) is 48.5 Å². The molecule has 3 atom stereocenters. The lowest BCUT2D eigenvalue weighted by molar-refractivity contribution is -0.145. The van der Waals surface area contributed by atoms with Crippen LogP contribution in [0.4, 0.5) is 0 Å². The molecule has 0 aromatic heterocycles. The van der Waals surface area contributed by atoms with E-state index in [0.29, 0.717) is 6.42 Å². The zero-order chi connectivity index (χ0) is 21.0.